The molecule has 1 saturated carbocycles. The third kappa shape index (κ3) is 2.68. The van der Waals surface area contributed by atoms with Crippen LogP contribution in [0, 0.1) is 24.7 Å². The first-order chi connectivity index (χ1) is 9.19. The molecule has 0 spiro atoms. The minimum Gasteiger partial charge on any atom is -0.423 e. The lowest BCUT2D eigenvalue weighted by Crippen LogP contribution is -2.33. The molecular formula is C16H17BO2. The van der Waals surface area contributed by atoms with Crippen molar-refractivity contribution in [1.82, 2.24) is 0 Å². The Labute approximate surface area is 115 Å². The molecule has 0 aliphatic heterocycles. The minimum atomic E-state index is -1.58. The van der Waals surface area contributed by atoms with E-state index in [4.69, 9.17) is 12.8 Å². The Bertz CT molecular complexity index is 543. The van der Waals surface area contributed by atoms with Gasteiger partial charge < -0.3 is 10.0 Å². The fourth-order valence-electron chi connectivity index (χ4n) is 2.91. The Kier molecular flexibility index (Phi) is 4.33. The summed E-state index contributed by atoms with van der Waals surface area (Å²) in [4.78, 5) is 0. The number of hydrogen-bond acceptors (Lipinski definition) is 2. The third-order valence-electron chi connectivity index (χ3n) is 3.88. The van der Waals surface area contributed by atoms with E-state index < -0.39 is 7.12 Å². The van der Waals surface area contributed by atoms with Crippen LogP contribution >= 0.6 is 0 Å². The SMILES string of the molecule is C#Cc1c(B(O)O)ccc(C2CCCCC2)c1C#C. The van der Waals surface area contributed by atoms with Crippen molar-refractivity contribution in [2.24, 2.45) is 0 Å². The van der Waals surface area contributed by atoms with Crippen LogP contribution in [-0.4, -0.2) is 17.2 Å². The van der Waals surface area contributed by atoms with Gasteiger partial charge in [-0.15, -0.1) is 12.8 Å². The number of rotatable bonds is 2. The van der Waals surface area contributed by atoms with Crippen LogP contribution in [0.4, 0.5) is 0 Å². The van der Waals surface area contributed by atoms with Gasteiger partial charge in [0.25, 0.3) is 0 Å². The van der Waals surface area contributed by atoms with Crippen LogP contribution in [0.2, 0.25) is 0 Å². The zero-order valence-electron chi connectivity index (χ0n) is 10.9. The topological polar surface area (TPSA) is 40.5 Å². The van der Waals surface area contributed by atoms with Gasteiger partial charge in [0.05, 0.1) is 0 Å². The Morgan fingerprint density at radius 1 is 1.00 bits per heavy atom. The van der Waals surface area contributed by atoms with E-state index in [9.17, 15) is 10.0 Å². The zero-order chi connectivity index (χ0) is 13.8. The van der Waals surface area contributed by atoms with E-state index in [-0.39, 0.29) is 0 Å². The fourth-order valence-corrected chi connectivity index (χ4v) is 2.91. The molecule has 1 aromatic rings. The maximum atomic E-state index is 9.35. The van der Waals surface area contributed by atoms with Crippen LogP contribution in [0.15, 0.2) is 12.1 Å². The summed E-state index contributed by atoms with van der Waals surface area (Å²) in [5.41, 5.74) is 2.50. The molecule has 0 unspecified atom stereocenters. The van der Waals surface area contributed by atoms with Crippen LogP contribution in [-0.2, 0) is 0 Å². The second-order valence-electron chi connectivity index (χ2n) is 4.99. The van der Waals surface area contributed by atoms with E-state index in [1.165, 1.54) is 19.3 Å². The van der Waals surface area contributed by atoms with Gasteiger partial charge in [-0.3, -0.25) is 0 Å². The van der Waals surface area contributed by atoms with Gasteiger partial charge in [-0.05, 0) is 29.8 Å². The quantitative estimate of drug-likeness (QED) is 0.616. The highest BCUT2D eigenvalue weighted by Crippen LogP contribution is 2.34. The molecule has 0 saturated heterocycles. The highest BCUT2D eigenvalue weighted by molar-refractivity contribution is 6.59. The fraction of sp³-hybridized carbons (Fsp3) is 0.375. The summed E-state index contributed by atoms with van der Waals surface area (Å²) < 4.78 is 0. The lowest BCUT2D eigenvalue weighted by atomic mass is 9.72. The average Bonchev–Trinajstić information content (AvgIpc) is 2.46. The molecule has 1 aliphatic rings. The molecule has 0 aromatic heterocycles. The molecular weight excluding hydrogens is 235 g/mol. The van der Waals surface area contributed by atoms with Crippen LogP contribution in [0.5, 0.6) is 0 Å². The molecule has 1 aliphatic carbocycles. The van der Waals surface area contributed by atoms with Crippen molar-refractivity contribution < 1.29 is 10.0 Å². The molecule has 0 bridgehead atoms. The Morgan fingerprint density at radius 3 is 2.16 bits per heavy atom. The summed E-state index contributed by atoms with van der Waals surface area (Å²) in [6.45, 7) is 0. The van der Waals surface area contributed by atoms with Gasteiger partial charge in [-0.1, -0.05) is 43.2 Å². The molecule has 19 heavy (non-hydrogen) atoms. The molecule has 1 aromatic carbocycles. The summed E-state index contributed by atoms with van der Waals surface area (Å²) >= 11 is 0. The molecule has 0 amide bonds. The molecule has 0 radical (unpaired) electrons. The summed E-state index contributed by atoms with van der Waals surface area (Å²) in [6, 6.07) is 3.59. The number of benzene rings is 1. The van der Waals surface area contributed by atoms with Gasteiger partial charge in [0, 0.05) is 11.1 Å². The van der Waals surface area contributed by atoms with E-state index in [2.05, 4.69) is 11.8 Å². The van der Waals surface area contributed by atoms with Gasteiger partial charge in [0.1, 0.15) is 0 Å². The molecule has 96 valence electrons. The van der Waals surface area contributed by atoms with E-state index >= 15 is 0 Å². The lowest BCUT2D eigenvalue weighted by molar-refractivity contribution is 0.425. The van der Waals surface area contributed by atoms with E-state index in [1.807, 2.05) is 6.07 Å². The van der Waals surface area contributed by atoms with Crippen molar-refractivity contribution in [2.45, 2.75) is 38.0 Å². The third-order valence-corrected chi connectivity index (χ3v) is 3.88. The smallest absolute Gasteiger partial charge is 0.423 e. The van der Waals surface area contributed by atoms with Crippen molar-refractivity contribution in [1.29, 1.82) is 0 Å². The molecule has 0 atom stereocenters. The number of terminal acetylenes is 2. The first kappa shape index (κ1) is 13.7. The first-order valence-electron chi connectivity index (χ1n) is 6.65. The second kappa shape index (κ2) is 5.98. The molecule has 2 rings (SSSR count). The molecule has 2 N–H and O–H groups in total. The van der Waals surface area contributed by atoms with Crippen LogP contribution in [0.1, 0.15) is 54.7 Å². The molecule has 0 heterocycles. The molecule has 3 heteroatoms. The van der Waals surface area contributed by atoms with Gasteiger partial charge >= 0.3 is 7.12 Å². The van der Waals surface area contributed by atoms with Crippen LogP contribution in [0.3, 0.4) is 0 Å². The Hall–Kier alpha value is -1.68. The van der Waals surface area contributed by atoms with Crippen molar-refractivity contribution in [2.75, 3.05) is 0 Å². The van der Waals surface area contributed by atoms with Gasteiger partial charge in [-0.2, -0.15) is 0 Å². The highest BCUT2D eigenvalue weighted by atomic mass is 16.4. The van der Waals surface area contributed by atoms with Gasteiger partial charge in [-0.25, -0.2) is 0 Å². The maximum Gasteiger partial charge on any atom is 0.489 e. The van der Waals surface area contributed by atoms with Crippen molar-refractivity contribution in [3.05, 3.63) is 28.8 Å². The predicted octanol–water partition coefficient (Wildman–Crippen LogP) is 1.38. The minimum absolute atomic E-state index is 0.315. The summed E-state index contributed by atoms with van der Waals surface area (Å²) in [6.07, 6.45) is 17.0. The van der Waals surface area contributed by atoms with E-state index in [1.54, 1.807) is 6.07 Å². The van der Waals surface area contributed by atoms with Crippen molar-refractivity contribution in [3.8, 4) is 24.7 Å². The van der Waals surface area contributed by atoms with Crippen molar-refractivity contribution >= 4 is 12.6 Å². The monoisotopic (exact) mass is 252 g/mol. The second-order valence-corrected chi connectivity index (χ2v) is 4.99. The Balaban J connectivity index is 2.51. The first-order valence-corrected chi connectivity index (χ1v) is 6.65. The summed E-state index contributed by atoms with van der Waals surface area (Å²) in [5, 5.41) is 18.7. The standard InChI is InChI=1S/C16H17BO2/c1-3-13-14(4-2)16(17(18)19)11-10-15(13)12-8-6-5-7-9-12/h1-2,10-12,18-19H,5-9H2. The summed E-state index contributed by atoms with van der Waals surface area (Å²) in [5.74, 6) is 5.60. The van der Waals surface area contributed by atoms with E-state index in [0.29, 0.717) is 22.5 Å². The summed E-state index contributed by atoms with van der Waals surface area (Å²) in [7, 11) is -1.58. The maximum absolute atomic E-state index is 9.35. The van der Waals surface area contributed by atoms with Crippen LogP contribution in [0.25, 0.3) is 0 Å². The van der Waals surface area contributed by atoms with Gasteiger partial charge in [0.2, 0.25) is 0 Å². The molecule has 1 fully saturated rings. The lowest BCUT2D eigenvalue weighted by Gasteiger charge is -2.24. The number of hydrogen-bond donors (Lipinski definition) is 2. The van der Waals surface area contributed by atoms with E-state index in [0.717, 1.165) is 18.4 Å². The highest BCUT2D eigenvalue weighted by Gasteiger charge is 2.23. The zero-order valence-corrected chi connectivity index (χ0v) is 10.9. The van der Waals surface area contributed by atoms with Crippen molar-refractivity contribution in [3.63, 3.8) is 0 Å². The average molecular weight is 252 g/mol. The normalized spacial score (nSPS) is 15.6. The molecule has 2 nitrogen and oxygen atoms in total. The van der Waals surface area contributed by atoms with Crippen LogP contribution < -0.4 is 5.46 Å². The predicted molar refractivity (Wildman–Crippen MR) is 78.0 cm³/mol. The Morgan fingerprint density at radius 2 is 1.63 bits per heavy atom. The largest absolute Gasteiger partial charge is 0.489 e. The van der Waals surface area contributed by atoms with Gasteiger partial charge in [0.15, 0.2) is 0 Å².